The molecule has 1 rings (SSSR count). The summed E-state index contributed by atoms with van der Waals surface area (Å²) in [5.41, 5.74) is 5.92. The van der Waals surface area contributed by atoms with Gasteiger partial charge in [0.05, 0.1) is 0 Å². The second-order valence-corrected chi connectivity index (χ2v) is 7.86. The molecule has 0 bridgehead atoms. The molecule has 3 nitrogen and oxygen atoms in total. The van der Waals surface area contributed by atoms with Crippen LogP contribution in [0, 0.1) is 11.3 Å². The van der Waals surface area contributed by atoms with Crippen LogP contribution in [0.4, 0.5) is 0 Å². The lowest BCUT2D eigenvalue weighted by atomic mass is 9.76. The van der Waals surface area contributed by atoms with Crippen LogP contribution >= 0.6 is 11.3 Å². The van der Waals surface area contributed by atoms with E-state index in [2.05, 4.69) is 38.3 Å². The quantitative estimate of drug-likeness (QED) is 0.798. The zero-order valence-electron chi connectivity index (χ0n) is 13.9. The predicted octanol–water partition coefficient (Wildman–Crippen LogP) is 3.54. The fourth-order valence-corrected chi connectivity index (χ4v) is 3.26. The summed E-state index contributed by atoms with van der Waals surface area (Å²) < 4.78 is 0. The summed E-state index contributed by atoms with van der Waals surface area (Å²) >= 11 is 1.75. The minimum absolute atomic E-state index is 0.217. The predicted molar refractivity (Wildman–Crippen MR) is 91.5 cm³/mol. The van der Waals surface area contributed by atoms with E-state index >= 15 is 0 Å². The van der Waals surface area contributed by atoms with Gasteiger partial charge in [-0.3, -0.25) is 4.79 Å². The molecule has 21 heavy (non-hydrogen) atoms. The molecule has 0 radical (unpaired) electrons. The van der Waals surface area contributed by atoms with Crippen LogP contribution in [0.3, 0.4) is 0 Å². The van der Waals surface area contributed by atoms with Crippen molar-refractivity contribution in [3.63, 3.8) is 0 Å². The highest BCUT2D eigenvalue weighted by molar-refractivity contribution is 7.09. The van der Waals surface area contributed by atoms with Gasteiger partial charge in [-0.05, 0) is 48.6 Å². The summed E-state index contributed by atoms with van der Waals surface area (Å²) in [6.45, 7) is 8.20. The molecule has 0 spiro atoms. The highest BCUT2D eigenvalue weighted by Crippen LogP contribution is 2.32. The van der Waals surface area contributed by atoms with Crippen molar-refractivity contribution in [2.75, 3.05) is 20.1 Å². The Labute approximate surface area is 133 Å². The lowest BCUT2D eigenvalue weighted by Crippen LogP contribution is -2.30. The van der Waals surface area contributed by atoms with Crippen molar-refractivity contribution in [1.29, 1.82) is 0 Å². The lowest BCUT2D eigenvalue weighted by Gasteiger charge is -2.31. The molecule has 0 fully saturated rings. The van der Waals surface area contributed by atoms with Crippen LogP contribution in [-0.2, 0) is 11.2 Å². The third kappa shape index (κ3) is 6.62. The minimum atomic E-state index is 0.217. The average Bonchev–Trinajstić information content (AvgIpc) is 2.92. The van der Waals surface area contributed by atoms with Crippen molar-refractivity contribution in [3.05, 3.63) is 22.4 Å². The standard InChI is InChI=1S/C17H30N2OS/c1-17(2,3)14(9-11-18)7-8-16(20)19(4)12-10-15-6-5-13-21-15/h5-6,13-14H,7-12,18H2,1-4H3. The van der Waals surface area contributed by atoms with Crippen molar-refractivity contribution in [2.45, 2.75) is 46.5 Å². The Kier molecular flexibility index (Phi) is 7.40. The number of hydrogen-bond acceptors (Lipinski definition) is 3. The highest BCUT2D eigenvalue weighted by Gasteiger charge is 2.24. The number of carbonyl (C=O) groups excluding carboxylic acids is 1. The van der Waals surface area contributed by atoms with Crippen molar-refractivity contribution in [2.24, 2.45) is 17.1 Å². The van der Waals surface area contributed by atoms with E-state index in [1.54, 1.807) is 11.3 Å². The molecule has 0 aliphatic heterocycles. The topological polar surface area (TPSA) is 46.3 Å². The van der Waals surface area contributed by atoms with Crippen molar-refractivity contribution in [1.82, 2.24) is 4.90 Å². The maximum atomic E-state index is 12.2. The van der Waals surface area contributed by atoms with Gasteiger partial charge in [0.15, 0.2) is 0 Å². The van der Waals surface area contributed by atoms with Crippen LogP contribution < -0.4 is 5.73 Å². The first-order valence-electron chi connectivity index (χ1n) is 7.81. The number of carbonyl (C=O) groups is 1. The van der Waals surface area contributed by atoms with Gasteiger partial charge in [-0.25, -0.2) is 0 Å². The molecule has 0 aliphatic rings. The molecule has 0 saturated heterocycles. The Balaban J connectivity index is 2.37. The van der Waals surface area contributed by atoms with Crippen LogP contribution in [0.1, 0.15) is 44.9 Å². The Morgan fingerprint density at radius 2 is 2.10 bits per heavy atom. The SMILES string of the molecule is CN(CCc1cccs1)C(=O)CCC(CCN)C(C)(C)C. The largest absolute Gasteiger partial charge is 0.345 e. The Morgan fingerprint density at radius 3 is 2.62 bits per heavy atom. The van der Waals surface area contributed by atoms with Gasteiger partial charge in [0, 0.05) is 24.9 Å². The van der Waals surface area contributed by atoms with E-state index in [1.807, 2.05) is 11.9 Å². The van der Waals surface area contributed by atoms with Crippen molar-refractivity contribution >= 4 is 17.2 Å². The first-order chi connectivity index (χ1) is 9.84. The highest BCUT2D eigenvalue weighted by atomic mass is 32.1. The van der Waals surface area contributed by atoms with Gasteiger partial charge >= 0.3 is 0 Å². The minimum Gasteiger partial charge on any atom is -0.345 e. The maximum absolute atomic E-state index is 12.2. The zero-order chi connectivity index (χ0) is 15.9. The smallest absolute Gasteiger partial charge is 0.222 e. The molecule has 1 heterocycles. The third-order valence-corrected chi connectivity index (χ3v) is 5.08. The lowest BCUT2D eigenvalue weighted by molar-refractivity contribution is -0.130. The number of hydrogen-bond donors (Lipinski definition) is 1. The zero-order valence-corrected chi connectivity index (χ0v) is 14.7. The molecular weight excluding hydrogens is 280 g/mol. The number of thiophene rings is 1. The first kappa shape index (κ1) is 18.2. The maximum Gasteiger partial charge on any atom is 0.222 e. The van der Waals surface area contributed by atoms with Crippen molar-refractivity contribution in [3.8, 4) is 0 Å². The van der Waals surface area contributed by atoms with Crippen molar-refractivity contribution < 1.29 is 4.79 Å². The Morgan fingerprint density at radius 1 is 1.38 bits per heavy atom. The molecular formula is C17H30N2OS. The Hall–Kier alpha value is -0.870. The van der Waals surface area contributed by atoms with Gasteiger partial charge in [-0.1, -0.05) is 26.8 Å². The van der Waals surface area contributed by atoms with Gasteiger partial charge in [-0.15, -0.1) is 11.3 Å². The number of amides is 1. The van der Waals surface area contributed by atoms with E-state index in [4.69, 9.17) is 5.73 Å². The first-order valence-corrected chi connectivity index (χ1v) is 8.69. The molecule has 2 N–H and O–H groups in total. The molecule has 1 aromatic rings. The molecule has 0 aromatic carbocycles. The summed E-state index contributed by atoms with van der Waals surface area (Å²) in [4.78, 5) is 15.4. The van der Waals surface area contributed by atoms with Crippen LogP contribution in [0.25, 0.3) is 0 Å². The second-order valence-electron chi connectivity index (χ2n) is 6.82. The number of nitrogens with zero attached hydrogens (tertiary/aromatic N) is 1. The van der Waals surface area contributed by atoms with Gasteiger partial charge < -0.3 is 10.6 Å². The molecule has 1 unspecified atom stereocenters. The van der Waals surface area contributed by atoms with E-state index in [0.717, 1.165) is 25.8 Å². The summed E-state index contributed by atoms with van der Waals surface area (Å²) in [6, 6.07) is 4.18. The van der Waals surface area contributed by atoms with Gasteiger partial charge in [-0.2, -0.15) is 0 Å². The Bertz CT molecular complexity index is 409. The molecule has 4 heteroatoms. The molecule has 1 aromatic heterocycles. The number of rotatable bonds is 8. The summed E-state index contributed by atoms with van der Waals surface area (Å²) in [5.74, 6) is 0.759. The molecule has 0 saturated carbocycles. The summed E-state index contributed by atoms with van der Waals surface area (Å²) in [5, 5.41) is 2.08. The average molecular weight is 311 g/mol. The van der Waals surface area contributed by atoms with Gasteiger partial charge in [0.2, 0.25) is 5.91 Å². The monoisotopic (exact) mass is 310 g/mol. The van der Waals surface area contributed by atoms with Gasteiger partial charge in [0.1, 0.15) is 0 Å². The van der Waals surface area contributed by atoms with E-state index in [1.165, 1.54) is 4.88 Å². The van der Waals surface area contributed by atoms with E-state index < -0.39 is 0 Å². The van der Waals surface area contributed by atoms with Gasteiger partial charge in [0.25, 0.3) is 0 Å². The van der Waals surface area contributed by atoms with E-state index in [-0.39, 0.29) is 11.3 Å². The third-order valence-electron chi connectivity index (χ3n) is 4.15. The fraction of sp³-hybridized carbons (Fsp3) is 0.706. The second kappa shape index (κ2) is 8.54. The van der Waals surface area contributed by atoms with Crippen LogP contribution in [-0.4, -0.2) is 30.9 Å². The fourth-order valence-electron chi connectivity index (χ4n) is 2.56. The molecule has 120 valence electrons. The summed E-state index contributed by atoms with van der Waals surface area (Å²) in [7, 11) is 1.91. The molecule has 1 amide bonds. The normalized spacial score (nSPS) is 13.2. The van der Waals surface area contributed by atoms with Crippen LogP contribution in [0.5, 0.6) is 0 Å². The van der Waals surface area contributed by atoms with E-state index in [0.29, 0.717) is 18.9 Å². The molecule has 0 aliphatic carbocycles. The summed E-state index contributed by atoms with van der Waals surface area (Å²) in [6.07, 6.45) is 3.51. The number of nitrogens with two attached hydrogens (primary N) is 1. The van der Waals surface area contributed by atoms with Crippen LogP contribution in [0.2, 0.25) is 0 Å². The number of likely N-dealkylation sites (N-methyl/N-ethyl adjacent to an activating group) is 1. The van der Waals surface area contributed by atoms with Crippen LogP contribution in [0.15, 0.2) is 17.5 Å². The molecule has 1 atom stereocenters. The van der Waals surface area contributed by atoms with E-state index in [9.17, 15) is 4.79 Å².